The van der Waals surface area contributed by atoms with Crippen LogP contribution in [0.25, 0.3) is 22.6 Å². The van der Waals surface area contributed by atoms with E-state index in [1.165, 1.54) is 4.57 Å². The van der Waals surface area contributed by atoms with Gasteiger partial charge in [0.1, 0.15) is 18.3 Å². The zero-order valence-electron chi connectivity index (χ0n) is 14.7. The zero-order valence-corrected chi connectivity index (χ0v) is 14.7. The van der Waals surface area contributed by atoms with Gasteiger partial charge in [0.05, 0.1) is 24.2 Å². The molecule has 0 aliphatic carbocycles. The van der Waals surface area contributed by atoms with Gasteiger partial charge in [0.2, 0.25) is 0 Å². The first kappa shape index (κ1) is 23.3. The molecule has 0 unspecified atom stereocenters. The quantitative estimate of drug-likeness (QED) is 0.228. The number of nitrogens with one attached hydrogen (secondary N) is 1. The van der Waals surface area contributed by atoms with Crippen molar-refractivity contribution in [1.82, 2.24) is 19.5 Å². The van der Waals surface area contributed by atoms with Crippen molar-refractivity contribution in [3.63, 3.8) is 0 Å². The van der Waals surface area contributed by atoms with E-state index in [0.717, 1.165) is 11.1 Å². The standard InChI is InChI=1S/C17H20N4O6.K.H/c1-7-3-9-10(4-8(7)2)21(5-11(23)14(25)12(24)6-22)15-13(18-9)16(26)20-17(27)19-15;;/h3-4,11-12,14,22-25H,5-6H2,1-2H3,(H,20,26,27);;/t11-,12+,14-;;/m1../s1. The van der Waals surface area contributed by atoms with Gasteiger partial charge in [0.25, 0.3) is 5.56 Å². The van der Waals surface area contributed by atoms with Crippen LogP contribution in [-0.4, -0.2) is 116 Å². The van der Waals surface area contributed by atoms with Crippen LogP contribution in [0.15, 0.2) is 21.7 Å². The number of rotatable bonds is 5. The first-order chi connectivity index (χ1) is 12.7. The third-order valence-electron chi connectivity index (χ3n) is 4.57. The number of aliphatic hydroxyl groups is 4. The molecule has 0 amide bonds. The van der Waals surface area contributed by atoms with Gasteiger partial charge in [-0.2, -0.15) is 4.98 Å². The Kier molecular flexibility index (Phi) is 7.64. The van der Waals surface area contributed by atoms with Crippen LogP contribution in [-0.2, 0) is 6.54 Å². The second-order valence-corrected chi connectivity index (χ2v) is 6.50. The molecular formula is C17H21KN4O6. The molecule has 0 radical (unpaired) electrons. The third-order valence-corrected chi connectivity index (χ3v) is 4.57. The first-order valence-electron chi connectivity index (χ1n) is 8.29. The van der Waals surface area contributed by atoms with Crippen LogP contribution < -0.4 is 11.2 Å². The number of hydrogen-bond acceptors (Lipinski definition) is 8. The molecule has 28 heavy (non-hydrogen) atoms. The van der Waals surface area contributed by atoms with E-state index in [2.05, 4.69) is 15.0 Å². The third kappa shape index (κ3) is 4.42. The molecule has 0 fully saturated rings. The monoisotopic (exact) mass is 416 g/mol. The molecule has 0 aromatic heterocycles. The predicted octanol–water partition coefficient (Wildman–Crippen LogP) is -2.37. The second kappa shape index (κ2) is 9.20. The molecule has 3 rings (SSSR count). The van der Waals surface area contributed by atoms with Crippen molar-refractivity contribution in [2.75, 3.05) is 6.61 Å². The van der Waals surface area contributed by atoms with Crippen LogP contribution in [0.1, 0.15) is 11.1 Å². The Balaban J connectivity index is 0.00000280. The summed E-state index contributed by atoms with van der Waals surface area (Å²) in [6.45, 7) is 2.73. The number of aromatic amines is 1. The summed E-state index contributed by atoms with van der Waals surface area (Å²) >= 11 is 0. The molecule has 10 nitrogen and oxygen atoms in total. The SMILES string of the molecule is Cc1cc2nc3c(=O)[nH]c(=O)nc-3n(C[C@@H](O)[C@@H](O)[C@@H](O)CO)c2cc1C.[KH]. The van der Waals surface area contributed by atoms with E-state index in [1.807, 2.05) is 13.8 Å². The molecule has 2 aliphatic rings. The minimum atomic E-state index is -1.64. The summed E-state index contributed by atoms with van der Waals surface area (Å²) in [5, 5.41) is 38.8. The number of nitrogens with zero attached hydrogens (tertiary/aromatic N) is 3. The number of H-pyrrole nitrogens is 1. The van der Waals surface area contributed by atoms with E-state index in [9.17, 15) is 24.9 Å². The van der Waals surface area contributed by atoms with Crippen LogP contribution >= 0.6 is 0 Å². The Morgan fingerprint density at radius 2 is 1.71 bits per heavy atom. The molecule has 1 aromatic rings. The average Bonchev–Trinajstić information content (AvgIpc) is 2.62. The summed E-state index contributed by atoms with van der Waals surface area (Å²) in [6, 6.07) is 3.53. The molecule has 0 bridgehead atoms. The zero-order chi connectivity index (χ0) is 19.9. The number of hydrogen-bond donors (Lipinski definition) is 5. The Morgan fingerprint density at radius 3 is 2.36 bits per heavy atom. The van der Waals surface area contributed by atoms with Crippen molar-refractivity contribution in [3.05, 3.63) is 44.1 Å². The van der Waals surface area contributed by atoms with Gasteiger partial charge >= 0.3 is 57.1 Å². The van der Waals surface area contributed by atoms with E-state index < -0.39 is 36.2 Å². The molecule has 146 valence electrons. The summed E-state index contributed by atoms with van der Waals surface area (Å²) in [5.74, 6) is -0.0516. The first-order valence-corrected chi connectivity index (χ1v) is 8.29. The van der Waals surface area contributed by atoms with Gasteiger partial charge < -0.3 is 25.0 Å². The van der Waals surface area contributed by atoms with Crippen molar-refractivity contribution >= 4 is 62.4 Å². The van der Waals surface area contributed by atoms with E-state index in [0.29, 0.717) is 11.0 Å². The van der Waals surface area contributed by atoms with Crippen LogP contribution in [0.5, 0.6) is 0 Å². The van der Waals surface area contributed by atoms with Crippen LogP contribution in [0.4, 0.5) is 0 Å². The molecular weight excluding hydrogens is 395 g/mol. The van der Waals surface area contributed by atoms with E-state index in [4.69, 9.17) is 5.11 Å². The fraction of sp³-hybridized carbons (Fsp3) is 0.412. The molecule has 1 aromatic carbocycles. The second-order valence-electron chi connectivity index (χ2n) is 6.50. The molecule has 3 atom stereocenters. The number of aliphatic hydroxyl groups excluding tert-OH is 4. The van der Waals surface area contributed by atoms with E-state index >= 15 is 0 Å². The number of aryl methyl sites for hydroxylation is 2. The van der Waals surface area contributed by atoms with Crippen molar-refractivity contribution in [1.29, 1.82) is 0 Å². The normalized spacial score (nSPS) is 14.6. The average molecular weight is 416 g/mol. The molecule has 0 saturated heterocycles. The molecule has 2 heterocycles. The fourth-order valence-electron chi connectivity index (χ4n) is 2.89. The molecule has 0 spiro atoms. The van der Waals surface area contributed by atoms with Gasteiger partial charge in [-0.25, -0.2) is 9.78 Å². The van der Waals surface area contributed by atoms with Crippen molar-refractivity contribution in [2.45, 2.75) is 38.7 Å². The topological polar surface area (TPSA) is 162 Å². The molecule has 5 N–H and O–H groups in total. The van der Waals surface area contributed by atoms with Gasteiger partial charge in [-0.15, -0.1) is 0 Å². The number of aromatic nitrogens is 4. The number of fused-ring (bicyclic) bond motifs is 2. The van der Waals surface area contributed by atoms with Crippen molar-refractivity contribution in [2.24, 2.45) is 0 Å². The van der Waals surface area contributed by atoms with Gasteiger partial charge in [0.15, 0.2) is 11.5 Å². The molecule has 2 aliphatic heterocycles. The molecule has 11 heteroatoms. The fourth-order valence-corrected chi connectivity index (χ4v) is 2.89. The van der Waals surface area contributed by atoms with Gasteiger partial charge in [-0.1, -0.05) is 0 Å². The van der Waals surface area contributed by atoms with Crippen molar-refractivity contribution < 1.29 is 20.4 Å². The summed E-state index contributed by atoms with van der Waals surface area (Å²) in [7, 11) is 0. The van der Waals surface area contributed by atoms with E-state index in [1.54, 1.807) is 12.1 Å². The van der Waals surface area contributed by atoms with E-state index in [-0.39, 0.29) is 69.4 Å². The predicted molar refractivity (Wildman–Crippen MR) is 103 cm³/mol. The summed E-state index contributed by atoms with van der Waals surface area (Å²) in [4.78, 5) is 34.0. The maximum absolute atomic E-state index is 12.2. The summed E-state index contributed by atoms with van der Waals surface area (Å²) < 4.78 is 1.40. The van der Waals surface area contributed by atoms with Gasteiger partial charge in [-0.3, -0.25) is 9.78 Å². The summed E-state index contributed by atoms with van der Waals surface area (Å²) in [6.07, 6.45) is -4.68. The summed E-state index contributed by atoms with van der Waals surface area (Å²) in [5.41, 5.74) is 1.11. The van der Waals surface area contributed by atoms with Gasteiger partial charge in [-0.05, 0) is 37.1 Å². The molecule has 0 saturated carbocycles. The number of benzene rings is 1. The van der Waals surface area contributed by atoms with Crippen LogP contribution in [0.3, 0.4) is 0 Å². The Bertz CT molecular complexity index is 1080. The Morgan fingerprint density at radius 1 is 1.07 bits per heavy atom. The minimum absolute atomic E-state index is 0. The maximum atomic E-state index is 12.2. The Labute approximate surface area is 201 Å². The van der Waals surface area contributed by atoms with Crippen molar-refractivity contribution in [3.8, 4) is 11.5 Å². The van der Waals surface area contributed by atoms with Crippen LogP contribution in [0, 0.1) is 13.8 Å². The Hall–Kier alpha value is -1.02. The van der Waals surface area contributed by atoms with Crippen LogP contribution in [0.2, 0.25) is 0 Å². The van der Waals surface area contributed by atoms with Gasteiger partial charge in [0, 0.05) is 0 Å².